The van der Waals surface area contributed by atoms with Gasteiger partial charge in [-0.3, -0.25) is 24.0 Å². The van der Waals surface area contributed by atoms with E-state index >= 15 is 0 Å². The summed E-state index contributed by atoms with van der Waals surface area (Å²) in [4.78, 5) is 70.1. The summed E-state index contributed by atoms with van der Waals surface area (Å²) in [6.45, 7) is 3.30. The Morgan fingerprint density at radius 3 is 2.60 bits per heavy atom. The maximum Gasteiger partial charge on any atom is 0.248 e. The van der Waals surface area contributed by atoms with Gasteiger partial charge < -0.3 is 25.3 Å². The zero-order valence-electron chi connectivity index (χ0n) is 19.8. The molecule has 11 heteroatoms. The standard InChI is InChI=1S/C24H31N5O5S/c1-14(30)27-7-4-15(5-8-27)23(33)28-9-6-18-21(28)24(34)29-13-16(11-19(29)22(32)26-18)25-20(31)12-17-3-2-10-35-17/h2-3,10,15-16,18-19,21H,4-9,11-13H2,1H3,(H,25,31)(H,26,32)/t16-,18-,19+,21-/m0/s1. The Labute approximate surface area is 208 Å². The number of thiophene rings is 1. The molecule has 10 nitrogen and oxygen atoms in total. The van der Waals surface area contributed by atoms with E-state index < -0.39 is 18.1 Å². The van der Waals surface area contributed by atoms with Crippen LogP contribution in [0.15, 0.2) is 17.5 Å². The van der Waals surface area contributed by atoms with E-state index in [1.807, 2.05) is 17.5 Å². The predicted molar refractivity (Wildman–Crippen MR) is 127 cm³/mol. The fourth-order valence-electron chi connectivity index (χ4n) is 5.90. The topological polar surface area (TPSA) is 119 Å². The van der Waals surface area contributed by atoms with Gasteiger partial charge in [0.15, 0.2) is 0 Å². The summed E-state index contributed by atoms with van der Waals surface area (Å²) >= 11 is 1.51. The maximum absolute atomic E-state index is 13.7. The first-order chi connectivity index (χ1) is 16.8. The molecule has 1 aromatic rings. The first kappa shape index (κ1) is 23.8. The van der Waals surface area contributed by atoms with Gasteiger partial charge in [0.25, 0.3) is 0 Å². The monoisotopic (exact) mass is 501 g/mol. The molecule has 4 saturated heterocycles. The number of nitrogens with one attached hydrogen (secondary N) is 2. The third kappa shape index (κ3) is 4.65. The number of nitrogens with zero attached hydrogens (tertiary/aromatic N) is 3. The van der Waals surface area contributed by atoms with Crippen LogP contribution in [0, 0.1) is 5.92 Å². The zero-order valence-corrected chi connectivity index (χ0v) is 20.6. The minimum Gasteiger partial charge on any atom is -0.351 e. The van der Waals surface area contributed by atoms with Gasteiger partial charge in [0.2, 0.25) is 29.5 Å². The molecule has 4 aliphatic rings. The molecular weight excluding hydrogens is 470 g/mol. The van der Waals surface area contributed by atoms with Crippen molar-refractivity contribution in [2.45, 2.75) is 63.2 Å². The Hall–Kier alpha value is -2.95. The molecule has 2 N–H and O–H groups in total. The second-order valence-corrected chi connectivity index (χ2v) is 11.0. The van der Waals surface area contributed by atoms with Gasteiger partial charge >= 0.3 is 0 Å². The number of fused-ring (bicyclic) bond motifs is 2. The molecule has 4 aliphatic heterocycles. The first-order valence-electron chi connectivity index (χ1n) is 12.3. The number of likely N-dealkylation sites (tertiary alicyclic amines) is 2. The number of hydrogen-bond acceptors (Lipinski definition) is 6. The molecule has 4 atom stereocenters. The summed E-state index contributed by atoms with van der Waals surface area (Å²) in [5.41, 5.74) is 0. The Bertz CT molecular complexity index is 1020. The summed E-state index contributed by atoms with van der Waals surface area (Å²) < 4.78 is 0. The quantitative estimate of drug-likeness (QED) is 0.589. The summed E-state index contributed by atoms with van der Waals surface area (Å²) in [5.74, 6) is -0.854. The molecule has 35 heavy (non-hydrogen) atoms. The second-order valence-electron chi connectivity index (χ2n) is 9.92. The molecule has 5 amide bonds. The molecule has 0 spiro atoms. The van der Waals surface area contributed by atoms with E-state index in [4.69, 9.17) is 0 Å². The van der Waals surface area contributed by atoms with Gasteiger partial charge in [0, 0.05) is 49.9 Å². The lowest BCUT2D eigenvalue weighted by molar-refractivity contribution is -0.148. The molecule has 0 aromatic carbocycles. The number of hydrogen-bond donors (Lipinski definition) is 2. The van der Waals surface area contributed by atoms with Crippen LogP contribution in [0.1, 0.15) is 37.5 Å². The van der Waals surface area contributed by atoms with Crippen molar-refractivity contribution in [2.75, 3.05) is 26.2 Å². The summed E-state index contributed by atoms with van der Waals surface area (Å²) in [5, 5.41) is 7.90. The van der Waals surface area contributed by atoms with E-state index in [2.05, 4.69) is 10.6 Å². The van der Waals surface area contributed by atoms with E-state index in [0.29, 0.717) is 45.3 Å². The molecule has 0 saturated carbocycles. The minimum absolute atomic E-state index is 0.0101. The minimum atomic E-state index is -0.720. The Kier molecular flexibility index (Phi) is 6.52. The average molecular weight is 502 g/mol. The highest BCUT2D eigenvalue weighted by Crippen LogP contribution is 2.31. The van der Waals surface area contributed by atoms with Crippen LogP contribution in [0.25, 0.3) is 0 Å². The lowest BCUT2D eigenvalue weighted by Crippen LogP contribution is -2.54. The third-order valence-electron chi connectivity index (χ3n) is 7.72. The van der Waals surface area contributed by atoms with E-state index in [9.17, 15) is 24.0 Å². The van der Waals surface area contributed by atoms with Crippen molar-refractivity contribution in [2.24, 2.45) is 5.92 Å². The first-order valence-corrected chi connectivity index (χ1v) is 13.2. The molecule has 5 heterocycles. The van der Waals surface area contributed by atoms with Gasteiger partial charge in [-0.25, -0.2) is 0 Å². The molecule has 4 fully saturated rings. The molecule has 0 unspecified atom stereocenters. The van der Waals surface area contributed by atoms with Gasteiger partial charge in [-0.05, 0) is 37.1 Å². The number of carbonyl (C=O) groups is 5. The molecule has 0 bridgehead atoms. The number of piperidine rings is 1. The molecule has 188 valence electrons. The van der Waals surface area contributed by atoms with Crippen molar-refractivity contribution in [3.8, 4) is 0 Å². The van der Waals surface area contributed by atoms with Crippen LogP contribution in [0.2, 0.25) is 0 Å². The SMILES string of the molecule is CC(=O)N1CCC(C(=O)N2CC[C@@H]3NC(=O)[C@H]4C[C@H](NC(=O)Cc5cccs5)CN4C(=O)[C@H]32)CC1. The predicted octanol–water partition coefficient (Wildman–Crippen LogP) is -0.266. The molecule has 0 aliphatic carbocycles. The van der Waals surface area contributed by atoms with Crippen LogP contribution >= 0.6 is 11.3 Å². The maximum atomic E-state index is 13.7. The number of carbonyl (C=O) groups excluding carboxylic acids is 5. The molecule has 5 rings (SSSR count). The molecule has 0 radical (unpaired) electrons. The second kappa shape index (κ2) is 9.60. The van der Waals surface area contributed by atoms with Crippen molar-refractivity contribution < 1.29 is 24.0 Å². The lowest BCUT2D eigenvalue weighted by Gasteiger charge is -2.35. The van der Waals surface area contributed by atoms with Crippen LogP contribution in [-0.2, 0) is 30.4 Å². The van der Waals surface area contributed by atoms with Crippen molar-refractivity contribution in [3.05, 3.63) is 22.4 Å². The highest BCUT2D eigenvalue weighted by molar-refractivity contribution is 7.10. The number of rotatable bonds is 4. The van der Waals surface area contributed by atoms with E-state index in [0.717, 1.165) is 4.88 Å². The summed E-state index contributed by atoms with van der Waals surface area (Å²) in [7, 11) is 0. The average Bonchev–Trinajstić information content (AvgIpc) is 3.57. The normalized spacial score (nSPS) is 28.9. The highest BCUT2D eigenvalue weighted by atomic mass is 32.1. The fraction of sp³-hybridized carbons (Fsp3) is 0.625. The van der Waals surface area contributed by atoms with Crippen molar-refractivity contribution in [3.63, 3.8) is 0 Å². The van der Waals surface area contributed by atoms with E-state index in [1.54, 1.807) is 14.7 Å². The largest absolute Gasteiger partial charge is 0.351 e. The van der Waals surface area contributed by atoms with Crippen molar-refractivity contribution in [1.29, 1.82) is 0 Å². The van der Waals surface area contributed by atoms with E-state index in [1.165, 1.54) is 18.3 Å². The van der Waals surface area contributed by atoms with Crippen LogP contribution in [-0.4, -0.2) is 94.6 Å². The van der Waals surface area contributed by atoms with Gasteiger partial charge in [-0.2, -0.15) is 0 Å². The Morgan fingerprint density at radius 2 is 1.91 bits per heavy atom. The zero-order chi connectivity index (χ0) is 24.7. The Morgan fingerprint density at radius 1 is 1.14 bits per heavy atom. The van der Waals surface area contributed by atoms with Crippen molar-refractivity contribution >= 4 is 40.9 Å². The van der Waals surface area contributed by atoms with Gasteiger partial charge in [-0.1, -0.05) is 6.07 Å². The molecular formula is C24H31N5O5S. The summed E-state index contributed by atoms with van der Waals surface area (Å²) in [6, 6.07) is 1.74. The third-order valence-corrected chi connectivity index (χ3v) is 8.59. The van der Waals surface area contributed by atoms with Crippen LogP contribution in [0.5, 0.6) is 0 Å². The van der Waals surface area contributed by atoms with Crippen molar-refractivity contribution in [1.82, 2.24) is 25.3 Å². The van der Waals surface area contributed by atoms with Crippen LogP contribution in [0.3, 0.4) is 0 Å². The van der Waals surface area contributed by atoms with Gasteiger partial charge in [0.05, 0.1) is 12.5 Å². The van der Waals surface area contributed by atoms with Gasteiger partial charge in [0.1, 0.15) is 12.1 Å². The molecule has 1 aromatic heterocycles. The highest BCUT2D eigenvalue weighted by Gasteiger charge is 2.53. The van der Waals surface area contributed by atoms with Crippen LogP contribution < -0.4 is 10.6 Å². The van der Waals surface area contributed by atoms with Gasteiger partial charge in [-0.15, -0.1) is 11.3 Å². The Balaban J connectivity index is 1.25. The van der Waals surface area contributed by atoms with Crippen LogP contribution in [0.4, 0.5) is 0 Å². The van der Waals surface area contributed by atoms with E-state index in [-0.39, 0.29) is 54.5 Å². The smallest absolute Gasteiger partial charge is 0.248 e. The lowest BCUT2D eigenvalue weighted by atomic mass is 9.94. The summed E-state index contributed by atoms with van der Waals surface area (Å²) in [6.07, 6.45) is 2.34. The fourth-order valence-corrected chi connectivity index (χ4v) is 6.61. The number of amides is 5.